The third kappa shape index (κ3) is 4.98. The van der Waals surface area contributed by atoms with E-state index in [2.05, 4.69) is 15.3 Å². The molecule has 0 saturated heterocycles. The molecule has 1 amide bonds. The number of benzene rings is 2. The topological polar surface area (TPSA) is 107 Å². The molecule has 3 rings (SSSR count). The summed E-state index contributed by atoms with van der Waals surface area (Å²) in [4.78, 5) is 30.3. The third-order valence-electron chi connectivity index (χ3n) is 3.74. The van der Waals surface area contributed by atoms with Crippen molar-refractivity contribution in [2.45, 2.75) is 6.92 Å². The van der Waals surface area contributed by atoms with Crippen LogP contribution in [-0.2, 0) is 4.79 Å². The van der Waals surface area contributed by atoms with E-state index in [0.717, 1.165) is 5.56 Å². The minimum Gasteiger partial charge on any atom is -0.424 e. The molecule has 1 heterocycles. The van der Waals surface area contributed by atoms with Crippen LogP contribution in [0.3, 0.4) is 0 Å². The number of nitrogens with zero attached hydrogens (tertiary/aromatic N) is 3. The minimum absolute atomic E-state index is 0.000405. The molecule has 28 heavy (non-hydrogen) atoms. The zero-order valence-corrected chi connectivity index (χ0v) is 14.9. The number of aromatic nitrogens is 2. The van der Waals surface area contributed by atoms with Gasteiger partial charge in [-0.05, 0) is 60.5 Å². The van der Waals surface area contributed by atoms with Gasteiger partial charge in [-0.1, -0.05) is 0 Å². The Kier molecular flexibility index (Phi) is 5.71. The predicted octanol–water partition coefficient (Wildman–Crippen LogP) is 4.14. The number of carbonyl (C=O) groups excluding carboxylic acids is 1. The fourth-order valence-electron chi connectivity index (χ4n) is 2.34. The van der Waals surface area contributed by atoms with Crippen LogP contribution in [0.25, 0.3) is 6.08 Å². The van der Waals surface area contributed by atoms with Crippen molar-refractivity contribution in [1.82, 2.24) is 9.97 Å². The number of carbonyl (C=O) groups is 1. The summed E-state index contributed by atoms with van der Waals surface area (Å²) in [6.45, 7) is 1.84. The Balaban J connectivity index is 1.62. The number of rotatable bonds is 6. The molecule has 2 aromatic carbocycles. The van der Waals surface area contributed by atoms with Crippen LogP contribution in [0.5, 0.6) is 11.8 Å². The van der Waals surface area contributed by atoms with E-state index >= 15 is 0 Å². The van der Waals surface area contributed by atoms with Crippen molar-refractivity contribution in [3.63, 3.8) is 0 Å². The van der Waals surface area contributed by atoms with Gasteiger partial charge in [0.15, 0.2) is 0 Å². The summed E-state index contributed by atoms with van der Waals surface area (Å²) in [5.41, 5.74) is 2.13. The summed E-state index contributed by atoms with van der Waals surface area (Å²) in [6.07, 6.45) is 6.11. The maximum absolute atomic E-state index is 12.1. The van der Waals surface area contributed by atoms with E-state index in [1.165, 1.54) is 18.2 Å². The summed E-state index contributed by atoms with van der Waals surface area (Å²) < 4.78 is 5.55. The van der Waals surface area contributed by atoms with Gasteiger partial charge in [0.25, 0.3) is 5.69 Å². The molecule has 0 radical (unpaired) electrons. The smallest absolute Gasteiger partial charge is 0.321 e. The SMILES string of the molecule is Cc1cc(Oc2ncccn2)ccc1NC(=O)/C=C/c1ccc([N+](=O)[O-])cc1. The van der Waals surface area contributed by atoms with E-state index in [1.807, 2.05) is 6.92 Å². The number of non-ortho nitro benzene ring substituents is 1. The normalized spacial score (nSPS) is 10.6. The van der Waals surface area contributed by atoms with Crippen LogP contribution in [0.4, 0.5) is 11.4 Å². The number of hydrogen-bond donors (Lipinski definition) is 1. The minimum atomic E-state index is -0.472. The number of anilines is 1. The first kappa shape index (κ1) is 18.7. The van der Waals surface area contributed by atoms with Gasteiger partial charge < -0.3 is 10.1 Å². The van der Waals surface area contributed by atoms with E-state index in [-0.39, 0.29) is 17.6 Å². The van der Waals surface area contributed by atoms with Crippen LogP contribution in [0.1, 0.15) is 11.1 Å². The van der Waals surface area contributed by atoms with E-state index in [9.17, 15) is 14.9 Å². The summed E-state index contributed by atoms with van der Waals surface area (Å²) >= 11 is 0. The molecule has 1 N–H and O–H groups in total. The first-order valence-electron chi connectivity index (χ1n) is 8.30. The van der Waals surface area contributed by atoms with E-state index < -0.39 is 4.92 Å². The predicted molar refractivity (Wildman–Crippen MR) is 104 cm³/mol. The van der Waals surface area contributed by atoms with Crippen LogP contribution >= 0.6 is 0 Å². The highest BCUT2D eigenvalue weighted by atomic mass is 16.6. The van der Waals surface area contributed by atoms with Crippen molar-refractivity contribution in [3.05, 3.63) is 88.2 Å². The molecule has 0 atom stereocenters. The van der Waals surface area contributed by atoms with Gasteiger partial charge in [-0.3, -0.25) is 14.9 Å². The number of nitrogens with one attached hydrogen (secondary N) is 1. The van der Waals surface area contributed by atoms with Gasteiger partial charge in [0.1, 0.15) is 5.75 Å². The van der Waals surface area contributed by atoms with Gasteiger partial charge in [-0.25, -0.2) is 9.97 Å². The molecule has 0 unspecified atom stereocenters. The molecule has 3 aromatic rings. The fraction of sp³-hybridized carbons (Fsp3) is 0.0500. The molecule has 0 aliphatic carbocycles. The van der Waals surface area contributed by atoms with Crippen LogP contribution in [0, 0.1) is 17.0 Å². The zero-order valence-electron chi connectivity index (χ0n) is 14.9. The van der Waals surface area contributed by atoms with Crippen LogP contribution in [-0.4, -0.2) is 20.8 Å². The Bertz CT molecular complexity index is 1020. The summed E-state index contributed by atoms with van der Waals surface area (Å²) in [5, 5.41) is 13.4. The van der Waals surface area contributed by atoms with Crippen molar-refractivity contribution in [1.29, 1.82) is 0 Å². The number of aryl methyl sites for hydroxylation is 1. The molecular formula is C20H16N4O4. The lowest BCUT2D eigenvalue weighted by molar-refractivity contribution is -0.384. The number of hydrogen-bond acceptors (Lipinski definition) is 6. The second-order valence-corrected chi connectivity index (χ2v) is 5.78. The van der Waals surface area contributed by atoms with Crippen molar-refractivity contribution in [2.24, 2.45) is 0 Å². The van der Waals surface area contributed by atoms with Crippen molar-refractivity contribution in [3.8, 4) is 11.8 Å². The Morgan fingerprint density at radius 1 is 1.14 bits per heavy atom. The summed E-state index contributed by atoms with van der Waals surface area (Å²) in [6, 6.07) is 13.1. The average Bonchev–Trinajstić information content (AvgIpc) is 2.69. The van der Waals surface area contributed by atoms with Gasteiger partial charge in [0, 0.05) is 36.3 Å². The molecule has 140 valence electrons. The maximum atomic E-state index is 12.1. The van der Waals surface area contributed by atoms with Gasteiger partial charge >= 0.3 is 6.01 Å². The molecule has 8 heteroatoms. The molecule has 0 aliphatic rings. The maximum Gasteiger partial charge on any atom is 0.321 e. The van der Waals surface area contributed by atoms with Crippen LogP contribution in [0.2, 0.25) is 0 Å². The van der Waals surface area contributed by atoms with E-state index in [1.54, 1.807) is 54.9 Å². The Morgan fingerprint density at radius 2 is 1.86 bits per heavy atom. The van der Waals surface area contributed by atoms with Gasteiger partial charge in [0.05, 0.1) is 4.92 Å². The molecule has 0 bridgehead atoms. The molecule has 0 fully saturated rings. The molecule has 8 nitrogen and oxygen atoms in total. The quantitative estimate of drug-likeness (QED) is 0.394. The van der Waals surface area contributed by atoms with E-state index in [4.69, 9.17) is 4.74 Å². The standard InChI is InChI=1S/C20H16N4O4/c1-14-13-17(28-20-21-11-2-12-22-20)8-9-18(14)23-19(25)10-5-15-3-6-16(7-4-15)24(26)27/h2-13H,1H3,(H,23,25)/b10-5+. The Hall–Kier alpha value is -4.07. The molecular weight excluding hydrogens is 360 g/mol. The zero-order chi connectivity index (χ0) is 19.9. The van der Waals surface area contributed by atoms with Gasteiger partial charge in [-0.2, -0.15) is 0 Å². The first-order valence-corrected chi connectivity index (χ1v) is 8.30. The largest absolute Gasteiger partial charge is 0.424 e. The highest BCUT2D eigenvalue weighted by Gasteiger charge is 2.06. The second kappa shape index (κ2) is 8.54. The number of amides is 1. The van der Waals surface area contributed by atoms with Gasteiger partial charge in [0.2, 0.25) is 5.91 Å². The molecule has 0 spiro atoms. The fourth-order valence-corrected chi connectivity index (χ4v) is 2.34. The number of ether oxygens (including phenoxy) is 1. The average molecular weight is 376 g/mol. The summed E-state index contributed by atoms with van der Waals surface area (Å²) in [5.74, 6) is 0.240. The second-order valence-electron chi connectivity index (χ2n) is 5.78. The lowest BCUT2D eigenvalue weighted by Gasteiger charge is -2.09. The van der Waals surface area contributed by atoms with Crippen molar-refractivity contribution >= 4 is 23.4 Å². The highest BCUT2D eigenvalue weighted by Crippen LogP contribution is 2.24. The molecule has 1 aromatic heterocycles. The van der Waals surface area contributed by atoms with Crippen molar-refractivity contribution in [2.75, 3.05) is 5.32 Å². The number of nitro groups is 1. The van der Waals surface area contributed by atoms with Crippen LogP contribution in [0.15, 0.2) is 67.0 Å². The van der Waals surface area contributed by atoms with Crippen molar-refractivity contribution < 1.29 is 14.5 Å². The lowest BCUT2D eigenvalue weighted by atomic mass is 10.1. The number of nitro benzene ring substituents is 1. The van der Waals surface area contributed by atoms with Gasteiger partial charge in [-0.15, -0.1) is 0 Å². The summed E-state index contributed by atoms with van der Waals surface area (Å²) in [7, 11) is 0. The third-order valence-corrected chi connectivity index (χ3v) is 3.74. The van der Waals surface area contributed by atoms with E-state index in [0.29, 0.717) is 17.0 Å². The Morgan fingerprint density at radius 3 is 2.50 bits per heavy atom. The first-order chi connectivity index (χ1) is 13.5. The molecule has 0 aliphatic heterocycles. The monoisotopic (exact) mass is 376 g/mol. The highest BCUT2D eigenvalue weighted by molar-refractivity contribution is 6.02. The Labute approximate surface area is 160 Å². The van der Waals surface area contributed by atoms with Crippen LogP contribution < -0.4 is 10.1 Å². The molecule has 0 saturated carbocycles. The lowest BCUT2D eigenvalue weighted by Crippen LogP contribution is -2.09.